The Kier molecular flexibility index (Phi) is 3.78. The molecule has 1 aromatic heterocycles. The van der Waals surface area contributed by atoms with Gasteiger partial charge >= 0.3 is 0 Å². The molecule has 0 aliphatic carbocycles. The molecule has 1 aliphatic rings. The molecule has 94 valence electrons. The van der Waals surface area contributed by atoms with Crippen LogP contribution in [0.5, 0.6) is 0 Å². The van der Waals surface area contributed by atoms with Crippen LogP contribution in [-0.2, 0) is 4.79 Å². The molecular weight excluding hydrogens is 228 g/mol. The van der Waals surface area contributed by atoms with E-state index in [1.165, 1.54) is 0 Å². The average Bonchev–Trinajstić information content (AvgIpc) is 2.39. The van der Waals surface area contributed by atoms with Gasteiger partial charge in [-0.25, -0.2) is 4.98 Å². The maximum Gasteiger partial charge on any atom is 0.217 e. The SMILES string of the molecule is N#Cc1cc(N2CCC(CC(N)=O)CC2)ccn1. The molecule has 2 heterocycles. The van der Waals surface area contributed by atoms with Crippen LogP contribution in [0, 0.1) is 17.2 Å². The van der Waals surface area contributed by atoms with Crippen molar-refractivity contribution in [1.82, 2.24) is 4.98 Å². The number of amides is 1. The Morgan fingerprint density at radius 1 is 1.56 bits per heavy atom. The summed E-state index contributed by atoms with van der Waals surface area (Å²) in [6.07, 6.45) is 4.07. The first-order valence-electron chi connectivity index (χ1n) is 6.08. The molecule has 1 aliphatic heterocycles. The van der Waals surface area contributed by atoms with Crippen LogP contribution >= 0.6 is 0 Å². The third-order valence-corrected chi connectivity index (χ3v) is 3.33. The van der Waals surface area contributed by atoms with Gasteiger partial charge < -0.3 is 10.6 Å². The lowest BCUT2D eigenvalue weighted by molar-refractivity contribution is -0.119. The number of hydrogen-bond acceptors (Lipinski definition) is 4. The largest absolute Gasteiger partial charge is 0.371 e. The van der Waals surface area contributed by atoms with E-state index in [2.05, 4.69) is 9.88 Å². The fraction of sp³-hybridized carbons (Fsp3) is 0.462. The quantitative estimate of drug-likeness (QED) is 0.861. The zero-order valence-corrected chi connectivity index (χ0v) is 10.2. The minimum atomic E-state index is -0.218. The van der Waals surface area contributed by atoms with Crippen LogP contribution in [0.3, 0.4) is 0 Å². The van der Waals surface area contributed by atoms with Crippen molar-refractivity contribution in [1.29, 1.82) is 5.26 Å². The van der Waals surface area contributed by atoms with Crippen LogP contribution in [0.4, 0.5) is 5.69 Å². The fourth-order valence-electron chi connectivity index (χ4n) is 2.36. The predicted molar refractivity (Wildman–Crippen MR) is 67.7 cm³/mol. The van der Waals surface area contributed by atoms with E-state index in [4.69, 9.17) is 11.0 Å². The molecule has 0 radical (unpaired) electrons. The van der Waals surface area contributed by atoms with Gasteiger partial charge in [0.1, 0.15) is 11.8 Å². The standard InChI is InChI=1S/C13H16N4O/c14-9-11-8-12(1-4-16-11)17-5-2-10(3-6-17)7-13(15)18/h1,4,8,10H,2-3,5-7H2,(H2,15,18). The smallest absolute Gasteiger partial charge is 0.217 e. The summed E-state index contributed by atoms with van der Waals surface area (Å²) in [4.78, 5) is 17.0. The number of nitrogens with two attached hydrogens (primary N) is 1. The summed E-state index contributed by atoms with van der Waals surface area (Å²) in [6, 6.07) is 5.75. The zero-order chi connectivity index (χ0) is 13.0. The number of carbonyl (C=O) groups excluding carboxylic acids is 1. The Morgan fingerprint density at radius 3 is 2.89 bits per heavy atom. The molecule has 0 atom stereocenters. The molecular formula is C13H16N4O. The summed E-state index contributed by atoms with van der Waals surface area (Å²) in [5, 5.41) is 8.82. The molecule has 1 aromatic rings. The highest BCUT2D eigenvalue weighted by atomic mass is 16.1. The minimum absolute atomic E-state index is 0.218. The average molecular weight is 244 g/mol. The van der Waals surface area contributed by atoms with Gasteiger partial charge in [0.25, 0.3) is 0 Å². The van der Waals surface area contributed by atoms with Gasteiger partial charge in [0.2, 0.25) is 5.91 Å². The molecule has 5 heteroatoms. The summed E-state index contributed by atoms with van der Waals surface area (Å²) >= 11 is 0. The lowest BCUT2D eigenvalue weighted by Gasteiger charge is -2.33. The first kappa shape index (κ1) is 12.4. The number of rotatable bonds is 3. The van der Waals surface area contributed by atoms with Crippen molar-refractivity contribution in [2.24, 2.45) is 11.7 Å². The monoisotopic (exact) mass is 244 g/mol. The van der Waals surface area contributed by atoms with Gasteiger partial charge in [0.05, 0.1) is 0 Å². The van der Waals surface area contributed by atoms with Crippen LogP contribution in [0.25, 0.3) is 0 Å². The molecule has 0 spiro atoms. The van der Waals surface area contributed by atoms with Crippen molar-refractivity contribution in [2.45, 2.75) is 19.3 Å². The molecule has 0 aromatic carbocycles. The number of anilines is 1. The number of hydrogen-bond donors (Lipinski definition) is 1. The molecule has 5 nitrogen and oxygen atoms in total. The second-order valence-electron chi connectivity index (χ2n) is 4.61. The molecule has 2 rings (SSSR count). The summed E-state index contributed by atoms with van der Waals surface area (Å²) < 4.78 is 0. The zero-order valence-electron chi connectivity index (χ0n) is 10.2. The lowest BCUT2D eigenvalue weighted by Crippen LogP contribution is -2.35. The normalized spacial score (nSPS) is 16.3. The molecule has 18 heavy (non-hydrogen) atoms. The van der Waals surface area contributed by atoms with Gasteiger partial charge in [-0.3, -0.25) is 4.79 Å². The lowest BCUT2D eigenvalue weighted by atomic mass is 9.93. The van der Waals surface area contributed by atoms with E-state index in [-0.39, 0.29) is 5.91 Å². The second kappa shape index (κ2) is 5.50. The summed E-state index contributed by atoms with van der Waals surface area (Å²) in [6.45, 7) is 1.79. The van der Waals surface area contributed by atoms with Crippen molar-refractivity contribution in [3.63, 3.8) is 0 Å². The van der Waals surface area contributed by atoms with Crippen molar-refractivity contribution in [2.75, 3.05) is 18.0 Å². The molecule has 0 bridgehead atoms. The van der Waals surface area contributed by atoms with Crippen molar-refractivity contribution < 1.29 is 4.79 Å². The second-order valence-corrected chi connectivity index (χ2v) is 4.61. The van der Waals surface area contributed by atoms with E-state index in [1.807, 2.05) is 12.1 Å². The Labute approximate surface area is 106 Å². The van der Waals surface area contributed by atoms with Crippen LogP contribution in [0.15, 0.2) is 18.3 Å². The van der Waals surface area contributed by atoms with Crippen molar-refractivity contribution in [3.8, 4) is 6.07 Å². The van der Waals surface area contributed by atoms with Gasteiger partial charge in [-0.2, -0.15) is 5.26 Å². The van der Waals surface area contributed by atoms with E-state index in [0.29, 0.717) is 18.0 Å². The molecule has 1 amide bonds. The number of aromatic nitrogens is 1. The first-order valence-corrected chi connectivity index (χ1v) is 6.08. The van der Waals surface area contributed by atoms with Gasteiger partial charge in [0, 0.05) is 31.4 Å². The number of primary amides is 1. The minimum Gasteiger partial charge on any atom is -0.371 e. The number of nitriles is 1. The molecule has 2 N–H and O–H groups in total. The Bertz CT molecular complexity index is 472. The molecule has 1 saturated heterocycles. The number of nitrogens with zero attached hydrogens (tertiary/aromatic N) is 3. The number of carbonyl (C=O) groups is 1. The van der Waals surface area contributed by atoms with Crippen LogP contribution in [0.2, 0.25) is 0 Å². The van der Waals surface area contributed by atoms with Crippen LogP contribution in [-0.4, -0.2) is 24.0 Å². The maximum atomic E-state index is 10.9. The summed E-state index contributed by atoms with van der Waals surface area (Å²) in [5.74, 6) is 0.181. The highest BCUT2D eigenvalue weighted by Crippen LogP contribution is 2.24. The highest BCUT2D eigenvalue weighted by Gasteiger charge is 2.20. The van der Waals surface area contributed by atoms with Crippen LogP contribution in [0.1, 0.15) is 25.0 Å². The van der Waals surface area contributed by atoms with E-state index in [0.717, 1.165) is 31.6 Å². The Morgan fingerprint density at radius 2 is 2.28 bits per heavy atom. The first-order chi connectivity index (χ1) is 8.69. The molecule has 0 unspecified atom stereocenters. The molecule has 0 saturated carbocycles. The van der Waals surface area contributed by atoms with E-state index < -0.39 is 0 Å². The number of pyridine rings is 1. The van der Waals surface area contributed by atoms with Gasteiger partial charge in [-0.05, 0) is 30.9 Å². The highest BCUT2D eigenvalue weighted by molar-refractivity contribution is 5.74. The van der Waals surface area contributed by atoms with Crippen molar-refractivity contribution >= 4 is 11.6 Å². The Hall–Kier alpha value is -2.09. The topological polar surface area (TPSA) is 83.0 Å². The predicted octanol–water partition coefficient (Wildman–Crippen LogP) is 1.05. The Balaban J connectivity index is 1.97. The van der Waals surface area contributed by atoms with Crippen LogP contribution < -0.4 is 10.6 Å². The van der Waals surface area contributed by atoms with Gasteiger partial charge in [-0.15, -0.1) is 0 Å². The van der Waals surface area contributed by atoms with Crippen molar-refractivity contribution in [3.05, 3.63) is 24.0 Å². The third-order valence-electron chi connectivity index (χ3n) is 3.33. The summed E-state index contributed by atoms with van der Waals surface area (Å²) in [7, 11) is 0. The molecule has 1 fully saturated rings. The van der Waals surface area contributed by atoms with E-state index in [9.17, 15) is 4.79 Å². The number of piperidine rings is 1. The third kappa shape index (κ3) is 2.98. The van der Waals surface area contributed by atoms with Gasteiger partial charge in [-0.1, -0.05) is 0 Å². The summed E-state index contributed by atoms with van der Waals surface area (Å²) in [5.41, 5.74) is 6.67. The van der Waals surface area contributed by atoms with Gasteiger partial charge in [0.15, 0.2) is 0 Å². The fourth-order valence-corrected chi connectivity index (χ4v) is 2.36. The van der Waals surface area contributed by atoms with E-state index in [1.54, 1.807) is 12.3 Å². The van der Waals surface area contributed by atoms with E-state index >= 15 is 0 Å². The maximum absolute atomic E-state index is 10.9.